The molecule has 28 heavy (non-hydrogen) atoms. The second kappa shape index (κ2) is 10.1. The Morgan fingerprint density at radius 3 is 2.54 bits per heavy atom. The molecule has 1 saturated carbocycles. The highest BCUT2D eigenvalue weighted by Crippen LogP contribution is 2.29. The van der Waals surface area contributed by atoms with E-state index in [1.165, 1.54) is 19.3 Å². The molecular weight excluding hydrogens is 370 g/mol. The lowest BCUT2D eigenvalue weighted by Gasteiger charge is -2.30. The maximum atomic E-state index is 12.1. The molecule has 2 aromatic rings. The van der Waals surface area contributed by atoms with Crippen LogP contribution < -0.4 is 20.9 Å². The van der Waals surface area contributed by atoms with Gasteiger partial charge in [-0.3, -0.25) is 15.6 Å². The Bertz CT molecular complexity index is 797. The maximum Gasteiger partial charge on any atom is 0.276 e. The van der Waals surface area contributed by atoms with Crippen LogP contribution in [0.4, 0.5) is 0 Å². The first kappa shape index (κ1) is 20.1. The van der Waals surface area contributed by atoms with Crippen molar-refractivity contribution in [1.82, 2.24) is 16.2 Å². The standard InChI is InChI=1S/C22H27N3O2S/c1-16-9-5-7-13-19(16)23-22(28)25-24-21(26)15-27-20-14-8-6-12-18(20)17-10-3-2-4-11-17/h2-4,6,8,10-12,14,16,19H,5,7,9,13,15H2,1H3,(H,24,26)(H2,23,25,28)/t16-,19+/m0/s1. The second-order valence-electron chi connectivity index (χ2n) is 7.17. The normalized spacial score (nSPS) is 18.8. The van der Waals surface area contributed by atoms with Gasteiger partial charge in [0, 0.05) is 11.6 Å². The van der Waals surface area contributed by atoms with Crippen molar-refractivity contribution in [3.63, 3.8) is 0 Å². The molecule has 148 valence electrons. The summed E-state index contributed by atoms with van der Waals surface area (Å²) in [6.45, 7) is 2.13. The van der Waals surface area contributed by atoms with Crippen molar-refractivity contribution in [2.45, 2.75) is 38.6 Å². The van der Waals surface area contributed by atoms with Crippen molar-refractivity contribution in [3.05, 3.63) is 54.6 Å². The van der Waals surface area contributed by atoms with Gasteiger partial charge in [-0.15, -0.1) is 0 Å². The molecule has 0 saturated heterocycles. The van der Waals surface area contributed by atoms with Gasteiger partial charge in [0.05, 0.1) is 0 Å². The fraction of sp³-hybridized carbons (Fsp3) is 0.364. The Balaban J connectivity index is 1.47. The van der Waals surface area contributed by atoms with E-state index in [4.69, 9.17) is 17.0 Å². The van der Waals surface area contributed by atoms with E-state index in [0.717, 1.165) is 17.5 Å². The molecule has 1 aliphatic carbocycles. The van der Waals surface area contributed by atoms with Crippen LogP contribution in [0, 0.1) is 5.92 Å². The fourth-order valence-electron chi connectivity index (χ4n) is 3.49. The molecule has 1 aliphatic rings. The number of hydrazine groups is 1. The molecule has 2 atom stereocenters. The van der Waals surface area contributed by atoms with E-state index in [9.17, 15) is 4.79 Å². The van der Waals surface area contributed by atoms with Gasteiger partial charge in [-0.1, -0.05) is 68.3 Å². The number of hydrogen-bond donors (Lipinski definition) is 3. The molecular formula is C22H27N3O2S. The van der Waals surface area contributed by atoms with E-state index in [1.54, 1.807) is 0 Å². The fourth-order valence-corrected chi connectivity index (χ4v) is 3.69. The third-order valence-electron chi connectivity index (χ3n) is 5.07. The van der Waals surface area contributed by atoms with Gasteiger partial charge in [0.1, 0.15) is 5.75 Å². The summed E-state index contributed by atoms with van der Waals surface area (Å²) in [4.78, 5) is 12.1. The Kier molecular flexibility index (Phi) is 7.25. The summed E-state index contributed by atoms with van der Waals surface area (Å²) in [6.07, 6.45) is 4.81. The zero-order valence-corrected chi connectivity index (χ0v) is 16.9. The zero-order chi connectivity index (χ0) is 19.8. The molecule has 3 N–H and O–H groups in total. The zero-order valence-electron chi connectivity index (χ0n) is 16.1. The highest BCUT2D eigenvalue weighted by Gasteiger charge is 2.21. The summed E-state index contributed by atoms with van der Waals surface area (Å²) in [5.74, 6) is 0.964. The van der Waals surface area contributed by atoms with Crippen LogP contribution in [0.15, 0.2) is 54.6 Å². The minimum absolute atomic E-state index is 0.0979. The number of rotatable bonds is 5. The first-order chi connectivity index (χ1) is 13.6. The SMILES string of the molecule is C[C@H]1CCCC[C@H]1NC(=S)NNC(=O)COc1ccccc1-c1ccccc1. The summed E-state index contributed by atoms with van der Waals surface area (Å²) in [6, 6.07) is 18.0. The van der Waals surface area contributed by atoms with Crippen molar-refractivity contribution >= 4 is 23.2 Å². The third-order valence-corrected chi connectivity index (χ3v) is 5.29. The van der Waals surface area contributed by atoms with Crippen molar-refractivity contribution in [2.24, 2.45) is 5.92 Å². The first-order valence-corrected chi connectivity index (χ1v) is 10.2. The van der Waals surface area contributed by atoms with E-state index in [2.05, 4.69) is 23.1 Å². The molecule has 1 fully saturated rings. The number of thiocarbonyl (C=S) groups is 1. The molecule has 0 bridgehead atoms. The minimum atomic E-state index is -0.288. The Morgan fingerprint density at radius 2 is 1.75 bits per heavy atom. The van der Waals surface area contributed by atoms with E-state index < -0.39 is 0 Å². The number of nitrogens with one attached hydrogen (secondary N) is 3. The molecule has 3 rings (SSSR count). The van der Waals surface area contributed by atoms with Gasteiger partial charge in [0.15, 0.2) is 11.7 Å². The van der Waals surface area contributed by atoms with Crippen LogP contribution in [0.3, 0.4) is 0 Å². The summed E-state index contributed by atoms with van der Waals surface area (Å²) in [7, 11) is 0. The molecule has 0 heterocycles. The van der Waals surface area contributed by atoms with Crippen molar-refractivity contribution < 1.29 is 9.53 Å². The number of carbonyl (C=O) groups is 1. The lowest BCUT2D eigenvalue weighted by Crippen LogP contribution is -2.52. The number of ether oxygens (including phenoxy) is 1. The smallest absolute Gasteiger partial charge is 0.276 e. The molecule has 6 heteroatoms. The molecule has 0 spiro atoms. The van der Waals surface area contributed by atoms with E-state index in [1.807, 2.05) is 54.6 Å². The molecule has 0 unspecified atom stereocenters. The Morgan fingerprint density at radius 1 is 1.04 bits per heavy atom. The number of para-hydroxylation sites is 1. The molecule has 1 amide bonds. The van der Waals surface area contributed by atoms with Crippen LogP contribution >= 0.6 is 12.2 Å². The van der Waals surface area contributed by atoms with Crippen LogP contribution in [0.2, 0.25) is 0 Å². The van der Waals surface area contributed by atoms with E-state index in [-0.39, 0.29) is 12.5 Å². The summed E-state index contributed by atoms with van der Waals surface area (Å²) in [5, 5.41) is 3.73. The molecule has 0 aliphatic heterocycles. The first-order valence-electron chi connectivity index (χ1n) is 9.76. The minimum Gasteiger partial charge on any atom is -0.483 e. The van der Waals surface area contributed by atoms with E-state index in [0.29, 0.717) is 22.8 Å². The average molecular weight is 398 g/mol. The third kappa shape index (κ3) is 5.70. The van der Waals surface area contributed by atoms with Crippen LogP contribution in [0.1, 0.15) is 32.6 Å². The summed E-state index contributed by atoms with van der Waals surface area (Å²) >= 11 is 5.29. The lowest BCUT2D eigenvalue weighted by molar-refractivity contribution is -0.123. The van der Waals surface area contributed by atoms with Crippen LogP contribution in [-0.2, 0) is 4.79 Å². The predicted molar refractivity (Wildman–Crippen MR) is 116 cm³/mol. The molecule has 2 aromatic carbocycles. The Hall–Kier alpha value is -2.60. The van der Waals surface area contributed by atoms with Crippen molar-refractivity contribution in [2.75, 3.05) is 6.61 Å². The van der Waals surface area contributed by atoms with Crippen molar-refractivity contribution in [1.29, 1.82) is 0 Å². The maximum absolute atomic E-state index is 12.1. The second-order valence-corrected chi connectivity index (χ2v) is 7.57. The largest absolute Gasteiger partial charge is 0.483 e. The number of hydrogen-bond acceptors (Lipinski definition) is 3. The van der Waals surface area contributed by atoms with Gasteiger partial charge >= 0.3 is 0 Å². The number of benzene rings is 2. The molecule has 0 aromatic heterocycles. The van der Waals surface area contributed by atoms with E-state index >= 15 is 0 Å². The van der Waals surface area contributed by atoms with Crippen LogP contribution in [0.25, 0.3) is 11.1 Å². The van der Waals surface area contributed by atoms with Gasteiger partial charge in [-0.25, -0.2) is 0 Å². The molecule has 0 radical (unpaired) electrons. The van der Waals surface area contributed by atoms with Gasteiger partial charge in [-0.2, -0.15) is 0 Å². The highest BCUT2D eigenvalue weighted by atomic mass is 32.1. The molecule has 5 nitrogen and oxygen atoms in total. The predicted octanol–water partition coefficient (Wildman–Crippen LogP) is 3.81. The summed E-state index contributed by atoms with van der Waals surface area (Å²) in [5.41, 5.74) is 7.37. The van der Waals surface area contributed by atoms with Crippen molar-refractivity contribution in [3.8, 4) is 16.9 Å². The topological polar surface area (TPSA) is 62.4 Å². The Labute approximate surface area is 171 Å². The highest BCUT2D eigenvalue weighted by molar-refractivity contribution is 7.80. The average Bonchev–Trinajstić information content (AvgIpc) is 2.73. The van der Waals surface area contributed by atoms with Crippen LogP contribution in [0.5, 0.6) is 5.75 Å². The number of amides is 1. The van der Waals surface area contributed by atoms with Gasteiger partial charge in [0.2, 0.25) is 0 Å². The number of carbonyl (C=O) groups excluding carboxylic acids is 1. The van der Waals surface area contributed by atoms with Gasteiger partial charge in [0.25, 0.3) is 5.91 Å². The van der Waals surface area contributed by atoms with Gasteiger partial charge in [-0.05, 0) is 42.6 Å². The quantitative estimate of drug-likeness (QED) is 0.529. The van der Waals surface area contributed by atoms with Gasteiger partial charge < -0.3 is 10.1 Å². The lowest BCUT2D eigenvalue weighted by atomic mass is 9.86. The monoisotopic (exact) mass is 397 g/mol. The van der Waals surface area contributed by atoms with Crippen LogP contribution in [-0.4, -0.2) is 23.7 Å². The summed E-state index contributed by atoms with van der Waals surface area (Å²) < 4.78 is 5.74.